The van der Waals surface area contributed by atoms with E-state index in [1.54, 1.807) is 0 Å². The average Bonchev–Trinajstić information content (AvgIpc) is 2.33. The third-order valence-corrected chi connectivity index (χ3v) is 3.48. The standard InChI is InChI=1S/C10H17F3N2O2S/c11-10(12,13)18-6-3-15-9(16)8(14)7-1-4-17-5-2-7/h7-8H,1-6,14H2,(H,15,16). The van der Waals surface area contributed by atoms with Gasteiger partial charge in [0.15, 0.2) is 0 Å². The van der Waals surface area contributed by atoms with Gasteiger partial charge in [-0.3, -0.25) is 4.79 Å². The first-order chi connectivity index (χ1) is 8.40. The van der Waals surface area contributed by atoms with Crippen LogP contribution in [0.2, 0.25) is 0 Å². The minimum Gasteiger partial charge on any atom is -0.381 e. The van der Waals surface area contributed by atoms with E-state index in [1.165, 1.54) is 0 Å². The number of alkyl halides is 3. The molecule has 3 N–H and O–H groups in total. The van der Waals surface area contributed by atoms with Crippen molar-refractivity contribution in [2.75, 3.05) is 25.5 Å². The second kappa shape index (κ2) is 7.20. The summed E-state index contributed by atoms with van der Waals surface area (Å²) in [5.41, 5.74) is 1.51. The summed E-state index contributed by atoms with van der Waals surface area (Å²) in [6.45, 7) is 1.13. The Morgan fingerprint density at radius 2 is 2.06 bits per heavy atom. The number of halogens is 3. The van der Waals surface area contributed by atoms with E-state index in [2.05, 4.69) is 5.32 Å². The largest absolute Gasteiger partial charge is 0.441 e. The van der Waals surface area contributed by atoms with Gasteiger partial charge in [-0.25, -0.2) is 0 Å². The van der Waals surface area contributed by atoms with Gasteiger partial charge in [0.25, 0.3) is 0 Å². The lowest BCUT2D eigenvalue weighted by Gasteiger charge is -2.26. The molecule has 1 atom stereocenters. The Labute approximate surface area is 108 Å². The second-order valence-corrected chi connectivity index (χ2v) is 5.22. The predicted molar refractivity (Wildman–Crippen MR) is 63.0 cm³/mol. The summed E-state index contributed by atoms with van der Waals surface area (Å²) in [5, 5.41) is 2.43. The van der Waals surface area contributed by atoms with E-state index < -0.39 is 11.6 Å². The maximum atomic E-state index is 11.8. The third kappa shape index (κ3) is 5.92. The van der Waals surface area contributed by atoms with Crippen molar-refractivity contribution in [2.45, 2.75) is 24.4 Å². The minimum absolute atomic E-state index is 0.0278. The Morgan fingerprint density at radius 3 is 2.61 bits per heavy atom. The number of hydrogen-bond donors (Lipinski definition) is 2. The first-order valence-corrected chi connectivity index (χ1v) is 6.70. The molecule has 1 heterocycles. The van der Waals surface area contributed by atoms with Crippen LogP contribution >= 0.6 is 11.8 Å². The lowest BCUT2D eigenvalue weighted by atomic mass is 9.92. The van der Waals surface area contributed by atoms with Crippen LogP contribution in [-0.2, 0) is 9.53 Å². The Morgan fingerprint density at radius 1 is 1.44 bits per heavy atom. The lowest BCUT2D eigenvalue weighted by molar-refractivity contribution is -0.124. The number of ether oxygens (including phenoxy) is 1. The van der Waals surface area contributed by atoms with Gasteiger partial charge in [0.1, 0.15) is 0 Å². The molecule has 0 aromatic heterocycles. The highest BCUT2D eigenvalue weighted by atomic mass is 32.2. The molecule has 1 aliphatic rings. The van der Waals surface area contributed by atoms with Crippen molar-refractivity contribution in [1.82, 2.24) is 5.32 Å². The summed E-state index contributed by atoms with van der Waals surface area (Å²) in [7, 11) is 0. The van der Waals surface area contributed by atoms with Crippen LogP contribution in [0.3, 0.4) is 0 Å². The van der Waals surface area contributed by atoms with E-state index in [0.29, 0.717) is 26.1 Å². The number of nitrogens with two attached hydrogens (primary N) is 1. The molecule has 4 nitrogen and oxygen atoms in total. The van der Waals surface area contributed by atoms with Crippen LogP contribution in [0, 0.1) is 5.92 Å². The molecule has 18 heavy (non-hydrogen) atoms. The van der Waals surface area contributed by atoms with Crippen molar-refractivity contribution in [3.05, 3.63) is 0 Å². The summed E-state index contributed by atoms with van der Waals surface area (Å²) in [4.78, 5) is 11.6. The van der Waals surface area contributed by atoms with Gasteiger partial charge in [-0.05, 0) is 30.5 Å². The second-order valence-electron chi connectivity index (χ2n) is 4.06. The predicted octanol–water partition coefficient (Wildman–Crippen LogP) is 1.11. The highest BCUT2D eigenvalue weighted by Gasteiger charge is 2.28. The molecule has 0 radical (unpaired) electrons. The number of amides is 1. The van der Waals surface area contributed by atoms with Crippen LogP contribution in [0.5, 0.6) is 0 Å². The van der Waals surface area contributed by atoms with Crippen molar-refractivity contribution in [2.24, 2.45) is 11.7 Å². The number of rotatable bonds is 5. The monoisotopic (exact) mass is 286 g/mol. The Bertz CT molecular complexity index is 270. The van der Waals surface area contributed by atoms with Crippen LogP contribution in [0.4, 0.5) is 13.2 Å². The molecule has 106 valence electrons. The lowest BCUT2D eigenvalue weighted by Crippen LogP contribution is -2.47. The smallest absolute Gasteiger partial charge is 0.381 e. The molecule has 1 fully saturated rings. The van der Waals surface area contributed by atoms with Crippen LogP contribution < -0.4 is 11.1 Å². The summed E-state index contributed by atoms with van der Waals surface area (Å²) in [5.74, 6) is -0.533. The molecule has 1 rings (SSSR count). The third-order valence-electron chi connectivity index (χ3n) is 2.74. The Kier molecular flexibility index (Phi) is 6.24. The van der Waals surface area contributed by atoms with Crippen LogP contribution in [0.15, 0.2) is 0 Å². The maximum absolute atomic E-state index is 11.8. The quantitative estimate of drug-likeness (QED) is 0.743. The van der Waals surface area contributed by atoms with Gasteiger partial charge in [-0.1, -0.05) is 0 Å². The van der Waals surface area contributed by atoms with Crippen LogP contribution in [0.1, 0.15) is 12.8 Å². The van der Waals surface area contributed by atoms with Crippen molar-refractivity contribution in [1.29, 1.82) is 0 Å². The molecular formula is C10H17F3N2O2S. The average molecular weight is 286 g/mol. The fourth-order valence-electron chi connectivity index (χ4n) is 1.75. The molecule has 0 aromatic carbocycles. The number of nitrogens with one attached hydrogen (secondary N) is 1. The van der Waals surface area contributed by atoms with E-state index >= 15 is 0 Å². The van der Waals surface area contributed by atoms with Gasteiger partial charge in [-0.15, -0.1) is 0 Å². The minimum atomic E-state index is -4.26. The molecule has 0 spiro atoms. The molecular weight excluding hydrogens is 269 g/mol. The zero-order chi connectivity index (χ0) is 13.6. The topological polar surface area (TPSA) is 64.4 Å². The highest BCUT2D eigenvalue weighted by molar-refractivity contribution is 8.00. The number of carbonyl (C=O) groups excluding carboxylic acids is 1. The van der Waals surface area contributed by atoms with Crippen molar-refractivity contribution >= 4 is 17.7 Å². The molecule has 1 aliphatic heterocycles. The fourth-order valence-corrected chi connectivity index (χ4v) is 2.18. The normalized spacial score (nSPS) is 19.6. The molecule has 0 saturated carbocycles. The molecule has 1 unspecified atom stereocenters. The first kappa shape index (κ1) is 15.6. The van der Waals surface area contributed by atoms with E-state index in [-0.39, 0.29) is 35.9 Å². The highest BCUT2D eigenvalue weighted by Crippen LogP contribution is 2.29. The molecule has 0 bridgehead atoms. The number of thioether (sulfide) groups is 1. The first-order valence-electron chi connectivity index (χ1n) is 5.72. The maximum Gasteiger partial charge on any atom is 0.441 e. The summed E-state index contributed by atoms with van der Waals surface area (Å²) in [6, 6.07) is -0.662. The van der Waals surface area contributed by atoms with E-state index in [4.69, 9.17) is 10.5 Å². The van der Waals surface area contributed by atoms with E-state index in [1.807, 2.05) is 0 Å². The van der Waals surface area contributed by atoms with Gasteiger partial charge in [0, 0.05) is 25.5 Å². The number of hydrogen-bond acceptors (Lipinski definition) is 4. The Balaban J connectivity index is 2.19. The van der Waals surface area contributed by atoms with Crippen LogP contribution in [0.25, 0.3) is 0 Å². The number of carbonyl (C=O) groups is 1. The van der Waals surface area contributed by atoms with Gasteiger partial charge >= 0.3 is 5.51 Å². The zero-order valence-corrected chi connectivity index (χ0v) is 10.6. The summed E-state index contributed by atoms with van der Waals surface area (Å²) < 4.78 is 40.7. The van der Waals surface area contributed by atoms with Crippen LogP contribution in [-0.4, -0.2) is 43.0 Å². The van der Waals surface area contributed by atoms with Crippen molar-refractivity contribution < 1.29 is 22.7 Å². The van der Waals surface area contributed by atoms with Gasteiger partial charge in [-0.2, -0.15) is 13.2 Å². The van der Waals surface area contributed by atoms with Gasteiger partial charge in [0.05, 0.1) is 6.04 Å². The Hall–Kier alpha value is -0.470. The van der Waals surface area contributed by atoms with E-state index in [0.717, 1.165) is 0 Å². The molecule has 8 heteroatoms. The molecule has 1 saturated heterocycles. The van der Waals surface area contributed by atoms with Gasteiger partial charge in [0.2, 0.25) is 5.91 Å². The molecule has 0 aliphatic carbocycles. The van der Waals surface area contributed by atoms with Crippen molar-refractivity contribution in [3.8, 4) is 0 Å². The zero-order valence-electron chi connectivity index (χ0n) is 9.83. The molecule has 0 aromatic rings. The summed E-state index contributed by atoms with van der Waals surface area (Å²) in [6.07, 6.45) is 1.43. The summed E-state index contributed by atoms with van der Waals surface area (Å²) >= 11 is -0.153. The van der Waals surface area contributed by atoms with Gasteiger partial charge < -0.3 is 15.8 Å². The van der Waals surface area contributed by atoms with Crippen molar-refractivity contribution in [3.63, 3.8) is 0 Å². The van der Waals surface area contributed by atoms with E-state index in [9.17, 15) is 18.0 Å². The fraction of sp³-hybridized carbons (Fsp3) is 0.900. The SMILES string of the molecule is NC(C(=O)NCCSC(F)(F)F)C1CCOCC1. The molecule has 1 amide bonds.